The van der Waals surface area contributed by atoms with E-state index >= 15 is 0 Å². The molecule has 0 fully saturated rings. The summed E-state index contributed by atoms with van der Waals surface area (Å²) in [6.45, 7) is 7.70. The summed E-state index contributed by atoms with van der Waals surface area (Å²) in [4.78, 5) is 12.9. The van der Waals surface area contributed by atoms with Gasteiger partial charge in [-0.25, -0.2) is 0 Å². The fraction of sp³-hybridized carbons (Fsp3) is 0.444. The van der Waals surface area contributed by atoms with Crippen molar-refractivity contribution in [1.29, 1.82) is 0 Å². The van der Waals surface area contributed by atoms with Crippen LogP contribution in [0.15, 0.2) is 42.5 Å². The lowest BCUT2D eigenvalue weighted by Gasteiger charge is -2.16. The summed E-state index contributed by atoms with van der Waals surface area (Å²) in [6.07, 6.45) is 5.36. The Morgan fingerprint density at radius 1 is 1.29 bits per heavy atom. The van der Waals surface area contributed by atoms with Crippen LogP contribution in [-0.4, -0.2) is 15.2 Å². The van der Waals surface area contributed by atoms with E-state index in [1.807, 2.05) is 30.3 Å². The van der Waals surface area contributed by atoms with Crippen LogP contribution in [-0.2, 0) is 4.79 Å². The molecule has 1 unspecified atom stereocenters. The van der Waals surface area contributed by atoms with E-state index < -0.39 is 0 Å². The molecule has 3 heteroatoms. The third kappa shape index (κ3) is 7.05. The van der Waals surface area contributed by atoms with Gasteiger partial charge in [0, 0.05) is 10.1 Å². The molecule has 0 aliphatic rings. The van der Waals surface area contributed by atoms with Crippen LogP contribution in [0.25, 0.3) is 0 Å². The van der Waals surface area contributed by atoms with Crippen LogP contribution in [0.5, 0.6) is 0 Å². The summed E-state index contributed by atoms with van der Waals surface area (Å²) in [5.74, 6) is 0. The Morgan fingerprint density at radius 3 is 2.52 bits per heavy atom. The monoisotopic (exact) mass is 320 g/mol. The maximum absolute atomic E-state index is 11.9. The summed E-state index contributed by atoms with van der Waals surface area (Å²) < 4.78 is 0. The fourth-order valence-corrected chi connectivity index (χ4v) is 3.51. The van der Waals surface area contributed by atoms with E-state index in [1.54, 1.807) is 6.92 Å². The maximum atomic E-state index is 11.9. The largest absolute Gasteiger partial charge is 0.282 e. The standard InChI is InChI=1S/C18H24OS2/c1-4-5-7-12-16(21-18(19)14(2)3)13-17(20)15-10-8-6-9-11-15/h6,8-11,16H,2,4-5,7,12-13H2,1,3H3. The number of thiocarbonyl (C=S) groups is 1. The molecule has 0 N–H and O–H groups in total. The highest BCUT2D eigenvalue weighted by Crippen LogP contribution is 2.26. The van der Waals surface area contributed by atoms with Crippen LogP contribution in [0.3, 0.4) is 0 Å². The van der Waals surface area contributed by atoms with Crippen molar-refractivity contribution in [3.05, 3.63) is 48.0 Å². The molecule has 1 nitrogen and oxygen atoms in total. The molecule has 0 saturated carbocycles. The van der Waals surface area contributed by atoms with Gasteiger partial charge in [-0.2, -0.15) is 0 Å². The van der Waals surface area contributed by atoms with E-state index in [9.17, 15) is 4.79 Å². The molecule has 1 atom stereocenters. The van der Waals surface area contributed by atoms with E-state index in [1.165, 1.54) is 24.6 Å². The Kier molecular flexibility index (Phi) is 8.55. The number of hydrogen-bond acceptors (Lipinski definition) is 3. The van der Waals surface area contributed by atoms with Crippen LogP contribution >= 0.6 is 24.0 Å². The summed E-state index contributed by atoms with van der Waals surface area (Å²) >= 11 is 6.95. The number of carbonyl (C=O) groups is 1. The molecule has 1 aromatic rings. The first kappa shape index (κ1) is 18.1. The molecule has 0 spiro atoms. The molecular formula is C18H24OS2. The van der Waals surface area contributed by atoms with Gasteiger partial charge in [-0.1, -0.05) is 87.1 Å². The third-order valence-electron chi connectivity index (χ3n) is 3.26. The van der Waals surface area contributed by atoms with Crippen LogP contribution < -0.4 is 0 Å². The molecule has 0 aromatic heterocycles. The topological polar surface area (TPSA) is 17.1 Å². The Bertz CT molecular complexity index is 479. The van der Waals surface area contributed by atoms with Crippen molar-refractivity contribution in [3.63, 3.8) is 0 Å². The van der Waals surface area contributed by atoms with Crippen molar-refractivity contribution >= 4 is 34.0 Å². The van der Waals surface area contributed by atoms with Gasteiger partial charge in [0.05, 0.1) is 0 Å². The van der Waals surface area contributed by atoms with Crippen molar-refractivity contribution in [2.24, 2.45) is 0 Å². The minimum atomic E-state index is 0.0901. The molecule has 0 aliphatic heterocycles. The number of benzene rings is 1. The number of rotatable bonds is 9. The molecule has 0 amide bonds. The average Bonchev–Trinajstić information content (AvgIpc) is 2.48. The smallest absolute Gasteiger partial charge is 0.214 e. The van der Waals surface area contributed by atoms with Gasteiger partial charge < -0.3 is 0 Å². The van der Waals surface area contributed by atoms with Crippen LogP contribution in [0, 0.1) is 0 Å². The first-order valence-corrected chi connectivity index (χ1v) is 8.78. The number of unbranched alkanes of at least 4 members (excludes halogenated alkanes) is 2. The molecule has 114 valence electrons. The normalized spacial score (nSPS) is 11.9. The minimum absolute atomic E-state index is 0.0901. The molecule has 21 heavy (non-hydrogen) atoms. The van der Waals surface area contributed by atoms with Gasteiger partial charge in [-0.3, -0.25) is 4.79 Å². The molecule has 0 bridgehead atoms. The Hall–Kier alpha value is -0.930. The van der Waals surface area contributed by atoms with Crippen LogP contribution in [0.4, 0.5) is 0 Å². The van der Waals surface area contributed by atoms with Gasteiger partial charge in [0.25, 0.3) is 0 Å². The highest BCUT2D eigenvalue weighted by atomic mass is 32.2. The van der Waals surface area contributed by atoms with Crippen LogP contribution in [0.2, 0.25) is 0 Å². The lowest BCUT2D eigenvalue weighted by molar-refractivity contribution is -0.107. The third-order valence-corrected chi connectivity index (χ3v) is 4.96. The summed E-state index contributed by atoms with van der Waals surface area (Å²) in [5.41, 5.74) is 1.71. The first-order valence-electron chi connectivity index (χ1n) is 7.49. The quantitative estimate of drug-likeness (QED) is 0.256. The predicted octanol–water partition coefficient (Wildman–Crippen LogP) is 5.58. The minimum Gasteiger partial charge on any atom is -0.282 e. The van der Waals surface area contributed by atoms with Crippen molar-refractivity contribution in [1.82, 2.24) is 0 Å². The number of hydrogen-bond donors (Lipinski definition) is 0. The zero-order chi connectivity index (χ0) is 15.7. The van der Waals surface area contributed by atoms with E-state index in [2.05, 4.69) is 13.5 Å². The Balaban J connectivity index is 2.64. The van der Waals surface area contributed by atoms with E-state index in [0.717, 1.165) is 29.7 Å². The second kappa shape index (κ2) is 9.91. The van der Waals surface area contributed by atoms with Crippen molar-refractivity contribution in [2.45, 2.75) is 51.2 Å². The van der Waals surface area contributed by atoms with Gasteiger partial charge in [0.1, 0.15) is 0 Å². The maximum Gasteiger partial charge on any atom is 0.214 e. The Labute approximate surface area is 138 Å². The average molecular weight is 321 g/mol. The van der Waals surface area contributed by atoms with Crippen molar-refractivity contribution < 1.29 is 4.79 Å². The molecule has 0 aliphatic carbocycles. The van der Waals surface area contributed by atoms with Gasteiger partial charge in [0.2, 0.25) is 5.12 Å². The van der Waals surface area contributed by atoms with Crippen molar-refractivity contribution in [2.75, 3.05) is 0 Å². The van der Waals surface area contributed by atoms with Gasteiger partial charge in [-0.05, 0) is 30.9 Å². The zero-order valence-electron chi connectivity index (χ0n) is 12.9. The highest BCUT2D eigenvalue weighted by Gasteiger charge is 2.17. The predicted molar refractivity (Wildman–Crippen MR) is 98.1 cm³/mol. The fourth-order valence-electron chi connectivity index (χ4n) is 2.03. The lowest BCUT2D eigenvalue weighted by atomic mass is 10.0. The number of carbonyl (C=O) groups excluding carboxylic acids is 1. The van der Waals surface area contributed by atoms with Gasteiger partial charge in [-0.15, -0.1) is 0 Å². The molecule has 0 saturated heterocycles. The van der Waals surface area contributed by atoms with Gasteiger partial charge in [0.15, 0.2) is 0 Å². The SMILES string of the molecule is C=C(C)C(=O)SC(CCCCC)CC(=S)c1ccccc1. The van der Waals surface area contributed by atoms with E-state index in [4.69, 9.17) is 12.2 Å². The summed E-state index contributed by atoms with van der Waals surface area (Å²) in [5, 5.41) is 0.348. The van der Waals surface area contributed by atoms with Crippen LogP contribution in [0.1, 0.15) is 51.5 Å². The van der Waals surface area contributed by atoms with Gasteiger partial charge >= 0.3 is 0 Å². The molecule has 0 heterocycles. The van der Waals surface area contributed by atoms with E-state index in [0.29, 0.717) is 5.57 Å². The lowest BCUT2D eigenvalue weighted by Crippen LogP contribution is -2.13. The molecule has 1 aromatic carbocycles. The first-order chi connectivity index (χ1) is 10.0. The number of thioether (sulfide) groups is 1. The molecular weight excluding hydrogens is 296 g/mol. The Morgan fingerprint density at radius 2 is 1.95 bits per heavy atom. The summed E-state index contributed by atoms with van der Waals surface area (Å²) in [7, 11) is 0. The second-order valence-corrected chi connectivity index (χ2v) is 7.06. The highest BCUT2D eigenvalue weighted by molar-refractivity contribution is 8.14. The van der Waals surface area contributed by atoms with E-state index in [-0.39, 0.29) is 10.4 Å². The summed E-state index contributed by atoms with van der Waals surface area (Å²) in [6, 6.07) is 10.1. The van der Waals surface area contributed by atoms with Crippen molar-refractivity contribution in [3.8, 4) is 0 Å². The second-order valence-electron chi connectivity index (χ2n) is 5.30. The molecule has 0 radical (unpaired) electrons. The zero-order valence-corrected chi connectivity index (χ0v) is 14.6. The molecule has 1 rings (SSSR count).